The van der Waals surface area contributed by atoms with E-state index in [0.717, 1.165) is 0 Å². The second-order valence-electron chi connectivity index (χ2n) is 5.52. The van der Waals surface area contributed by atoms with Crippen molar-refractivity contribution in [1.82, 2.24) is 10.6 Å². The number of ether oxygens (including phenoxy) is 1. The van der Waals surface area contributed by atoms with E-state index in [1.165, 1.54) is 0 Å². The van der Waals surface area contributed by atoms with E-state index < -0.39 is 11.9 Å². The van der Waals surface area contributed by atoms with Crippen LogP contribution in [-0.2, 0) is 14.3 Å². The zero-order chi connectivity index (χ0) is 18.1. The van der Waals surface area contributed by atoms with E-state index in [4.69, 9.17) is 16.3 Å². The molecule has 0 saturated heterocycles. The third-order valence-corrected chi connectivity index (χ3v) is 3.62. The molecule has 1 aromatic rings. The minimum Gasteiger partial charge on any atom is -0.466 e. The van der Waals surface area contributed by atoms with Gasteiger partial charge in [-0.05, 0) is 25.0 Å². The number of halogens is 1. The highest BCUT2D eigenvalue weighted by Crippen LogP contribution is 2.15. The van der Waals surface area contributed by atoms with Gasteiger partial charge in [-0.3, -0.25) is 14.4 Å². The third kappa shape index (κ3) is 6.20. The summed E-state index contributed by atoms with van der Waals surface area (Å²) in [5.41, 5.74) is 0.309. The van der Waals surface area contributed by atoms with Crippen LogP contribution < -0.4 is 10.6 Å². The molecule has 24 heavy (non-hydrogen) atoms. The molecule has 0 aliphatic rings. The van der Waals surface area contributed by atoms with Gasteiger partial charge in [0, 0.05) is 6.54 Å². The largest absolute Gasteiger partial charge is 0.466 e. The Morgan fingerprint density at radius 2 is 1.88 bits per heavy atom. The molecule has 1 rings (SSSR count). The Morgan fingerprint density at radius 1 is 1.21 bits per heavy atom. The van der Waals surface area contributed by atoms with Gasteiger partial charge in [0.25, 0.3) is 5.91 Å². The molecular weight excluding hydrogens is 332 g/mol. The van der Waals surface area contributed by atoms with Crippen LogP contribution in [0.1, 0.15) is 37.6 Å². The Kier molecular flexibility index (Phi) is 8.26. The number of hydrogen-bond acceptors (Lipinski definition) is 4. The maximum absolute atomic E-state index is 12.3. The van der Waals surface area contributed by atoms with Crippen LogP contribution in [0.3, 0.4) is 0 Å². The highest BCUT2D eigenvalue weighted by Gasteiger charge is 2.25. The summed E-state index contributed by atoms with van der Waals surface area (Å²) in [4.78, 5) is 35.8. The SMILES string of the molecule is CCOC(=O)CCNC(=O)C(NC(=O)c1ccccc1Cl)C(C)C. The standard InChI is InChI=1S/C17H23ClN2O4/c1-4-24-14(21)9-10-19-17(23)15(11(2)3)20-16(22)12-7-5-6-8-13(12)18/h5-8,11,15H,4,9-10H2,1-3H3,(H,19,23)(H,20,22). The van der Waals surface area contributed by atoms with E-state index in [0.29, 0.717) is 17.2 Å². The lowest BCUT2D eigenvalue weighted by atomic mass is 10.0. The van der Waals surface area contributed by atoms with Gasteiger partial charge < -0.3 is 15.4 Å². The van der Waals surface area contributed by atoms with Crippen LogP contribution in [0.25, 0.3) is 0 Å². The number of hydrogen-bond donors (Lipinski definition) is 2. The fourth-order valence-electron chi connectivity index (χ4n) is 2.03. The van der Waals surface area contributed by atoms with E-state index in [1.54, 1.807) is 31.2 Å². The van der Waals surface area contributed by atoms with E-state index in [2.05, 4.69) is 10.6 Å². The normalized spacial score (nSPS) is 11.7. The summed E-state index contributed by atoms with van der Waals surface area (Å²) >= 11 is 6.00. The third-order valence-electron chi connectivity index (χ3n) is 3.29. The maximum Gasteiger partial charge on any atom is 0.307 e. The molecule has 0 aromatic heterocycles. The molecule has 0 fully saturated rings. The van der Waals surface area contributed by atoms with Gasteiger partial charge >= 0.3 is 5.97 Å². The van der Waals surface area contributed by atoms with Crippen molar-refractivity contribution in [3.63, 3.8) is 0 Å². The van der Waals surface area contributed by atoms with Crippen molar-refractivity contribution < 1.29 is 19.1 Å². The summed E-state index contributed by atoms with van der Waals surface area (Å²) in [7, 11) is 0. The fourth-order valence-corrected chi connectivity index (χ4v) is 2.25. The fraction of sp³-hybridized carbons (Fsp3) is 0.471. The summed E-state index contributed by atoms with van der Waals surface area (Å²) in [5, 5.41) is 5.64. The second-order valence-corrected chi connectivity index (χ2v) is 5.93. The van der Waals surface area contributed by atoms with Crippen molar-refractivity contribution in [3.05, 3.63) is 34.9 Å². The predicted molar refractivity (Wildman–Crippen MR) is 91.8 cm³/mol. The van der Waals surface area contributed by atoms with Crippen molar-refractivity contribution in [2.45, 2.75) is 33.2 Å². The molecule has 132 valence electrons. The Bertz CT molecular complexity index is 590. The Labute approximate surface area is 146 Å². The van der Waals surface area contributed by atoms with Gasteiger partial charge in [0.15, 0.2) is 0 Å². The molecule has 6 nitrogen and oxygen atoms in total. The minimum absolute atomic E-state index is 0.0862. The van der Waals surface area contributed by atoms with E-state index >= 15 is 0 Å². The molecule has 0 aliphatic carbocycles. The van der Waals surface area contributed by atoms with Gasteiger partial charge in [0.2, 0.25) is 5.91 Å². The first-order valence-corrected chi connectivity index (χ1v) is 8.23. The highest BCUT2D eigenvalue weighted by atomic mass is 35.5. The average molecular weight is 355 g/mol. The number of esters is 1. The number of carbonyl (C=O) groups is 3. The lowest BCUT2D eigenvalue weighted by molar-refractivity contribution is -0.143. The maximum atomic E-state index is 12.3. The lowest BCUT2D eigenvalue weighted by Gasteiger charge is -2.22. The van der Waals surface area contributed by atoms with Gasteiger partial charge in [-0.2, -0.15) is 0 Å². The van der Waals surface area contributed by atoms with Gasteiger partial charge in [-0.25, -0.2) is 0 Å². The summed E-state index contributed by atoms with van der Waals surface area (Å²) in [6.45, 7) is 5.82. The van der Waals surface area contributed by atoms with Crippen LogP contribution in [0.5, 0.6) is 0 Å². The van der Waals surface area contributed by atoms with E-state index in [-0.39, 0.29) is 30.8 Å². The van der Waals surface area contributed by atoms with Gasteiger partial charge in [-0.15, -0.1) is 0 Å². The van der Waals surface area contributed by atoms with E-state index in [9.17, 15) is 14.4 Å². The van der Waals surface area contributed by atoms with Gasteiger partial charge in [0.05, 0.1) is 23.6 Å². The molecule has 2 amide bonds. The zero-order valence-corrected chi connectivity index (χ0v) is 14.9. The van der Waals surface area contributed by atoms with Crippen molar-refractivity contribution in [3.8, 4) is 0 Å². The van der Waals surface area contributed by atoms with Crippen LogP contribution in [-0.4, -0.2) is 37.0 Å². The predicted octanol–water partition coefficient (Wildman–Crippen LogP) is 2.16. The summed E-state index contributed by atoms with van der Waals surface area (Å²) < 4.78 is 4.79. The number of amides is 2. The lowest BCUT2D eigenvalue weighted by Crippen LogP contribution is -2.50. The Hall–Kier alpha value is -2.08. The first-order chi connectivity index (χ1) is 11.4. The number of rotatable bonds is 8. The second kappa shape index (κ2) is 9.93. The Morgan fingerprint density at radius 3 is 2.46 bits per heavy atom. The van der Waals surface area contributed by atoms with E-state index in [1.807, 2.05) is 13.8 Å². The van der Waals surface area contributed by atoms with Crippen molar-refractivity contribution >= 4 is 29.4 Å². The molecular formula is C17H23ClN2O4. The van der Waals surface area contributed by atoms with Crippen LogP contribution >= 0.6 is 11.6 Å². The van der Waals surface area contributed by atoms with Crippen molar-refractivity contribution in [2.75, 3.05) is 13.2 Å². The smallest absolute Gasteiger partial charge is 0.307 e. The van der Waals surface area contributed by atoms with Crippen LogP contribution in [0.2, 0.25) is 5.02 Å². The molecule has 0 aliphatic heterocycles. The molecule has 1 atom stereocenters. The molecule has 0 spiro atoms. The summed E-state index contributed by atoms with van der Waals surface area (Å²) in [5.74, 6) is -1.27. The molecule has 2 N–H and O–H groups in total. The van der Waals surface area contributed by atoms with Crippen molar-refractivity contribution in [2.24, 2.45) is 5.92 Å². The summed E-state index contributed by atoms with van der Waals surface area (Å²) in [6.07, 6.45) is 0.0862. The van der Waals surface area contributed by atoms with Gasteiger partial charge in [-0.1, -0.05) is 37.6 Å². The van der Waals surface area contributed by atoms with Crippen molar-refractivity contribution in [1.29, 1.82) is 0 Å². The summed E-state index contributed by atoms with van der Waals surface area (Å²) in [6, 6.07) is 5.90. The molecule has 1 unspecified atom stereocenters. The van der Waals surface area contributed by atoms with Crippen LogP contribution in [0.15, 0.2) is 24.3 Å². The zero-order valence-electron chi connectivity index (χ0n) is 14.1. The molecule has 0 bridgehead atoms. The topological polar surface area (TPSA) is 84.5 Å². The Balaban J connectivity index is 2.63. The molecule has 1 aromatic carbocycles. The molecule has 7 heteroatoms. The van der Waals surface area contributed by atoms with Crippen LogP contribution in [0, 0.1) is 5.92 Å². The van der Waals surface area contributed by atoms with Crippen LogP contribution in [0.4, 0.5) is 0 Å². The number of benzene rings is 1. The minimum atomic E-state index is -0.726. The number of nitrogens with one attached hydrogen (secondary N) is 2. The number of carbonyl (C=O) groups excluding carboxylic acids is 3. The molecule has 0 saturated carbocycles. The molecule has 0 radical (unpaired) electrons. The first-order valence-electron chi connectivity index (χ1n) is 7.85. The molecule has 0 heterocycles. The quantitative estimate of drug-likeness (QED) is 0.701. The first kappa shape index (κ1) is 20.0. The monoisotopic (exact) mass is 354 g/mol. The van der Waals surface area contributed by atoms with Gasteiger partial charge in [0.1, 0.15) is 6.04 Å². The highest BCUT2D eigenvalue weighted by molar-refractivity contribution is 6.33. The average Bonchev–Trinajstić information content (AvgIpc) is 2.52.